The van der Waals surface area contributed by atoms with Gasteiger partial charge in [-0.3, -0.25) is 15.0 Å². The molecule has 0 bridgehead atoms. The Labute approximate surface area is 217 Å². The summed E-state index contributed by atoms with van der Waals surface area (Å²) < 4.78 is 6.27. The van der Waals surface area contributed by atoms with E-state index in [0.717, 1.165) is 52.5 Å². The lowest BCUT2D eigenvalue weighted by atomic mass is 10.0. The molecule has 0 amide bonds. The summed E-state index contributed by atoms with van der Waals surface area (Å²) >= 11 is 0. The van der Waals surface area contributed by atoms with Crippen LogP contribution in [-0.2, 0) is 11.3 Å². The number of aromatic nitrogens is 2. The third-order valence-corrected chi connectivity index (χ3v) is 7.11. The number of aryl methyl sites for hydroxylation is 1. The molecule has 2 fully saturated rings. The molecule has 196 valence electrons. The average Bonchev–Trinajstić information content (AvgIpc) is 2.91. The molecule has 2 saturated heterocycles. The van der Waals surface area contributed by atoms with E-state index in [1.54, 1.807) is 0 Å². The first kappa shape index (κ1) is 25.4. The van der Waals surface area contributed by atoms with Crippen LogP contribution in [0.5, 0.6) is 0 Å². The number of aliphatic hydroxyl groups excluding tert-OH is 2. The maximum absolute atomic E-state index is 10.7. The zero-order chi connectivity index (χ0) is 25.9. The Balaban J connectivity index is 1.32. The summed E-state index contributed by atoms with van der Waals surface area (Å²) in [6.07, 6.45) is 1.85. The fourth-order valence-corrected chi connectivity index (χ4v) is 5.38. The van der Waals surface area contributed by atoms with Crippen molar-refractivity contribution >= 4 is 33.7 Å². The zero-order valence-electron chi connectivity index (χ0n) is 21.8. The molecule has 37 heavy (non-hydrogen) atoms. The van der Waals surface area contributed by atoms with Crippen LogP contribution in [0.15, 0.2) is 47.6 Å². The number of morpholine rings is 1. The Morgan fingerprint density at radius 1 is 1.19 bits per heavy atom. The molecule has 0 radical (unpaired) electrons. The summed E-state index contributed by atoms with van der Waals surface area (Å²) in [6.45, 7) is 7.19. The largest absolute Gasteiger partial charge is 0.390 e. The number of anilines is 3. The van der Waals surface area contributed by atoms with E-state index in [-0.39, 0.29) is 18.8 Å². The molecular weight excluding hydrogens is 468 g/mol. The van der Waals surface area contributed by atoms with Gasteiger partial charge in [0, 0.05) is 55.3 Å². The standard InChI is InChI=1S/C28H36N6O3/c1-18-11-21(12-20(17-35)32-18)33-10-8-27(36)25(16-33)31-13-22-15-34(14-19(2)37-22)26-7-6-24(29-3)28-23(26)5-4-9-30-28/h4-7,9,11-12,19,22,27,29,35-36H,8,10,13-17H2,1-3H3/t19-,22+,27?/m1/s1. The lowest BCUT2D eigenvalue weighted by Crippen LogP contribution is -2.49. The molecule has 2 aliphatic rings. The monoisotopic (exact) mass is 504 g/mol. The minimum absolute atomic E-state index is 0.0547. The molecule has 4 heterocycles. The van der Waals surface area contributed by atoms with E-state index in [0.29, 0.717) is 31.7 Å². The predicted octanol–water partition coefficient (Wildman–Crippen LogP) is 2.78. The Hall–Kier alpha value is -3.27. The molecule has 9 heteroatoms. The van der Waals surface area contributed by atoms with Crippen molar-refractivity contribution in [2.45, 2.75) is 45.2 Å². The lowest BCUT2D eigenvalue weighted by Gasteiger charge is -2.38. The van der Waals surface area contributed by atoms with Crippen LogP contribution in [0.1, 0.15) is 24.7 Å². The van der Waals surface area contributed by atoms with E-state index >= 15 is 0 Å². The van der Waals surface area contributed by atoms with Gasteiger partial charge < -0.3 is 30.1 Å². The number of aliphatic imine (C=N–C) groups is 1. The summed E-state index contributed by atoms with van der Waals surface area (Å²) in [4.78, 5) is 18.4. The number of pyridine rings is 2. The predicted molar refractivity (Wildman–Crippen MR) is 148 cm³/mol. The molecule has 3 atom stereocenters. The van der Waals surface area contributed by atoms with Crippen LogP contribution >= 0.6 is 0 Å². The first-order valence-electron chi connectivity index (χ1n) is 13.0. The third-order valence-electron chi connectivity index (χ3n) is 7.11. The van der Waals surface area contributed by atoms with Crippen LogP contribution in [-0.4, -0.2) is 84.0 Å². The van der Waals surface area contributed by atoms with Crippen LogP contribution in [0.4, 0.5) is 17.1 Å². The molecule has 9 nitrogen and oxygen atoms in total. The van der Waals surface area contributed by atoms with Gasteiger partial charge in [0.05, 0.1) is 60.6 Å². The second-order valence-corrected chi connectivity index (χ2v) is 9.93. The highest BCUT2D eigenvalue weighted by Crippen LogP contribution is 2.32. The molecule has 0 aliphatic carbocycles. The molecule has 0 saturated carbocycles. The SMILES string of the molecule is CNc1ccc(N2C[C@H](CN=C3CN(c4cc(C)nc(CO)c4)CCC3O)O[C@H](C)C2)c2cccnc12. The van der Waals surface area contributed by atoms with Gasteiger partial charge in [0.1, 0.15) is 0 Å². The van der Waals surface area contributed by atoms with E-state index in [1.807, 2.05) is 38.4 Å². The molecular formula is C28H36N6O3. The van der Waals surface area contributed by atoms with Gasteiger partial charge in [-0.2, -0.15) is 0 Å². The molecule has 0 spiro atoms. The lowest BCUT2D eigenvalue weighted by molar-refractivity contribution is -0.0102. The van der Waals surface area contributed by atoms with Crippen molar-refractivity contribution in [1.82, 2.24) is 9.97 Å². The number of aliphatic hydroxyl groups is 2. The Morgan fingerprint density at radius 3 is 2.86 bits per heavy atom. The van der Waals surface area contributed by atoms with Crippen LogP contribution in [0.2, 0.25) is 0 Å². The molecule has 5 rings (SSSR count). The number of nitrogens with zero attached hydrogens (tertiary/aromatic N) is 5. The first-order chi connectivity index (χ1) is 17.9. The van der Waals surface area contributed by atoms with E-state index in [1.165, 1.54) is 0 Å². The van der Waals surface area contributed by atoms with Crippen molar-refractivity contribution in [3.8, 4) is 0 Å². The second-order valence-electron chi connectivity index (χ2n) is 9.93. The number of ether oxygens (including phenoxy) is 1. The van der Waals surface area contributed by atoms with Crippen molar-refractivity contribution in [2.75, 3.05) is 54.9 Å². The molecule has 2 aromatic heterocycles. The fourth-order valence-electron chi connectivity index (χ4n) is 5.38. The maximum atomic E-state index is 10.7. The normalized spacial score (nSPS) is 23.6. The maximum Gasteiger partial charge on any atom is 0.0953 e. The Bertz CT molecular complexity index is 1280. The summed E-state index contributed by atoms with van der Waals surface area (Å²) in [6, 6.07) is 12.2. The first-order valence-corrected chi connectivity index (χ1v) is 13.0. The smallest absolute Gasteiger partial charge is 0.0953 e. The molecule has 3 aromatic rings. The highest BCUT2D eigenvalue weighted by molar-refractivity contribution is 5.99. The minimum Gasteiger partial charge on any atom is -0.390 e. The van der Waals surface area contributed by atoms with Gasteiger partial charge in [-0.1, -0.05) is 0 Å². The van der Waals surface area contributed by atoms with E-state index < -0.39 is 6.10 Å². The van der Waals surface area contributed by atoms with Crippen LogP contribution in [0.25, 0.3) is 10.9 Å². The highest BCUT2D eigenvalue weighted by Gasteiger charge is 2.29. The summed E-state index contributed by atoms with van der Waals surface area (Å²) in [5.74, 6) is 0. The number of rotatable bonds is 6. The third kappa shape index (κ3) is 5.53. The number of hydrogen-bond acceptors (Lipinski definition) is 9. The number of benzene rings is 1. The van der Waals surface area contributed by atoms with Crippen molar-refractivity contribution < 1.29 is 14.9 Å². The topological polar surface area (TPSA) is 106 Å². The van der Waals surface area contributed by atoms with E-state index in [2.05, 4.69) is 50.2 Å². The second kappa shape index (κ2) is 11.0. The van der Waals surface area contributed by atoms with Crippen LogP contribution < -0.4 is 15.1 Å². The molecule has 1 aromatic carbocycles. The summed E-state index contributed by atoms with van der Waals surface area (Å²) in [5, 5.41) is 24.6. The van der Waals surface area contributed by atoms with Crippen LogP contribution in [0.3, 0.4) is 0 Å². The quantitative estimate of drug-likeness (QED) is 0.471. The van der Waals surface area contributed by atoms with Gasteiger partial charge in [0.15, 0.2) is 0 Å². The zero-order valence-corrected chi connectivity index (χ0v) is 21.8. The highest BCUT2D eigenvalue weighted by atomic mass is 16.5. The van der Waals surface area contributed by atoms with Gasteiger partial charge in [-0.25, -0.2) is 0 Å². The van der Waals surface area contributed by atoms with Crippen molar-refractivity contribution in [3.05, 3.63) is 54.0 Å². The Morgan fingerprint density at radius 2 is 2.05 bits per heavy atom. The van der Waals surface area contributed by atoms with Crippen molar-refractivity contribution in [3.63, 3.8) is 0 Å². The molecule has 3 N–H and O–H groups in total. The van der Waals surface area contributed by atoms with Gasteiger partial charge in [-0.05, 0) is 56.7 Å². The Kier molecular flexibility index (Phi) is 7.55. The number of nitrogens with one attached hydrogen (secondary N) is 1. The van der Waals surface area contributed by atoms with Gasteiger partial charge >= 0.3 is 0 Å². The summed E-state index contributed by atoms with van der Waals surface area (Å²) in [7, 11) is 1.91. The average molecular weight is 505 g/mol. The number of hydrogen-bond donors (Lipinski definition) is 3. The minimum atomic E-state index is -0.558. The van der Waals surface area contributed by atoms with Crippen LogP contribution in [0, 0.1) is 6.92 Å². The van der Waals surface area contributed by atoms with E-state index in [4.69, 9.17) is 9.73 Å². The van der Waals surface area contributed by atoms with Crippen molar-refractivity contribution in [1.29, 1.82) is 0 Å². The summed E-state index contributed by atoms with van der Waals surface area (Å²) in [5.41, 5.74) is 6.39. The van der Waals surface area contributed by atoms with Crippen molar-refractivity contribution in [2.24, 2.45) is 4.99 Å². The van der Waals surface area contributed by atoms with Gasteiger partial charge in [0.25, 0.3) is 0 Å². The molecule has 1 unspecified atom stereocenters. The van der Waals surface area contributed by atoms with E-state index in [9.17, 15) is 10.2 Å². The number of fused-ring (bicyclic) bond motifs is 1. The number of piperidine rings is 1. The fraction of sp³-hybridized carbons (Fsp3) is 0.464. The molecule has 2 aliphatic heterocycles. The van der Waals surface area contributed by atoms with Gasteiger partial charge in [-0.15, -0.1) is 0 Å². The van der Waals surface area contributed by atoms with Gasteiger partial charge in [0.2, 0.25) is 0 Å².